The van der Waals surface area contributed by atoms with Gasteiger partial charge in [-0.15, -0.1) is 0 Å². The van der Waals surface area contributed by atoms with Crippen LogP contribution < -0.4 is 10.9 Å². The normalized spacial score (nSPS) is 10.6. The van der Waals surface area contributed by atoms with Gasteiger partial charge < -0.3 is 8.98 Å². The summed E-state index contributed by atoms with van der Waals surface area (Å²) in [6, 6.07) is 13.0. The van der Waals surface area contributed by atoms with Gasteiger partial charge in [-0.1, -0.05) is 18.2 Å². The molecule has 0 saturated carbocycles. The van der Waals surface area contributed by atoms with Crippen LogP contribution in [-0.4, -0.2) is 16.4 Å². The smallest absolute Gasteiger partial charge is 0.305 e. The van der Waals surface area contributed by atoms with Crippen LogP contribution in [0.4, 0.5) is 0 Å². The first-order valence-corrected chi connectivity index (χ1v) is 6.83. The monoisotopic (exact) mass is 297 g/mol. The second kappa shape index (κ2) is 5.77. The predicted molar refractivity (Wildman–Crippen MR) is 81.0 cm³/mol. The number of hydrazine groups is 1. The molecular weight excluding hydrogens is 282 g/mol. The quantitative estimate of drug-likeness (QED) is 0.726. The molecule has 0 aliphatic heterocycles. The summed E-state index contributed by atoms with van der Waals surface area (Å²) >= 11 is 0. The first-order chi connectivity index (χ1) is 10.6. The Kier molecular flexibility index (Phi) is 3.65. The lowest BCUT2D eigenvalue weighted by atomic mass is 10.2. The van der Waals surface area contributed by atoms with E-state index in [1.54, 1.807) is 6.07 Å². The molecule has 0 aliphatic rings. The first-order valence-electron chi connectivity index (χ1n) is 6.83. The number of aromatic nitrogens is 1. The molecule has 0 fully saturated rings. The van der Waals surface area contributed by atoms with Gasteiger partial charge in [0.05, 0.1) is 6.26 Å². The number of benzene rings is 1. The van der Waals surface area contributed by atoms with E-state index in [4.69, 9.17) is 4.42 Å². The number of aryl methyl sites for hydroxylation is 1. The Balaban J connectivity index is 1.66. The highest BCUT2D eigenvalue weighted by atomic mass is 16.3. The zero-order chi connectivity index (χ0) is 15.5. The van der Waals surface area contributed by atoms with Gasteiger partial charge in [0.15, 0.2) is 5.76 Å². The molecule has 22 heavy (non-hydrogen) atoms. The van der Waals surface area contributed by atoms with Gasteiger partial charge in [0.25, 0.3) is 5.91 Å². The molecule has 2 heterocycles. The standard InChI is InChI=1S/C16H15N3O3/c1-11-9-12-5-2-3-6-13(12)19(11)10-15(20)17-18-16(21)14-7-4-8-22-14/h2-9H,10H2,1H3,(H,17,20)(H,18,21). The van der Waals surface area contributed by atoms with E-state index in [0.29, 0.717) is 0 Å². The van der Waals surface area contributed by atoms with Crippen LogP contribution in [0.15, 0.2) is 53.1 Å². The van der Waals surface area contributed by atoms with Gasteiger partial charge in [-0.25, -0.2) is 0 Å². The fourth-order valence-corrected chi connectivity index (χ4v) is 2.34. The SMILES string of the molecule is Cc1cc2ccccc2n1CC(=O)NNC(=O)c1ccco1. The third-order valence-corrected chi connectivity index (χ3v) is 3.38. The van der Waals surface area contributed by atoms with E-state index in [1.807, 2.05) is 41.8 Å². The molecule has 112 valence electrons. The van der Waals surface area contributed by atoms with Crippen LogP contribution >= 0.6 is 0 Å². The Morgan fingerprint density at radius 3 is 2.73 bits per heavy atom. The summed E-state index contributed by atoms with van der Waals surface area (Å²) in [7, 11) is 0. The van der Waals surface area contributed by atoms with Crippen LogP contribution in [0.1, 0.15) is 16.2 Å². The molecule has 2 N–H and O–H groups in total. The third kappa shape index (κ3) is 2.71. The van der Waals surface area contributed by atoms with Crippen LogP contribution in [0.25, 0.3) is 10.9 Å². The Morgan fingerprint density at radius 1 is 1.14 bits per heavy atom. The predicted octanol–water partition coefficient (Wildman–Crippen LogP) is 2.00. The van der Waals surface area contributed by atoms with Crippen molar-refractivity contribution in [3.05, 3.63) is 60.2 Å². The van der Waals surface area contributed by atoms with Crippen LogP contribution in [0.5, 0.6) is 0 Å². The van der Waals surface area contributed by atoms with E-state index in [-0.39, 0.29) is 18.2 Å². The molecule has 3 rings (SSSR count). The van der Waals surface area contributed by atoms with Crippen LogP contribution in [0, 0.1) is 6.92 Å². The summed E-state index contributed by atoms with van der Waals surface area (Å²) in [6.07, 6.45) is 1.39. The van der Waals surface area contributed by atoms with E-state index in [9.17, 15) is 9.59 Å². The second-order valence-electron chi connectivity index (χ2n) is 4.91. The van der Waals surface area contributed by atoms with E-state index in [0.717, 1.165) is 16.6 Å². The molecule has 0 atom stereocenters. The van der Waals surface area contributed by atoms with Crippen molar-refractivity contribution in [2.45, 2.75) is 13.5 Å². The molecule has 2 amide bonds. The molecule has 1 aromatic carbocycles. The molecule has 3 aromatic rings. The van der Waals surface area contributed by atoms with Gasteiger partial charge in [0, 0.05) is 11.2 Å². The number of carbonyl (C=O) groups is 2. The average molecular weight is 297 g/mol. The van der Waals surface area contributed by atoms with Gasteiger partial charge >= 0.3 is 5.91 Å². The molecule has 6 heteroatoms. The highest BCUT2D eigenvalue weighted by Crippen LogP contribution is 2.18. The number of carbonyl (C=O) groups excluding carboxylic acids is 2. The summed E-state index contributed by atoms with van der Waals surface area (Å²) in [5.41, 5.74) is 6.66. The zero-order valence-electron chi connectivity index (χ0n) is 12.0. The number of hydrogen-bond donors (Lipinski definition) is 2. The van der Waals surface area contributed by atoms with Crippen molar-refractivity contribution >= 4 is 22.7 Å². The van der Waals surface area contributed by atoms with Crippen LogP contribution in [0.2, 0.25) is 0 Å². The largest absolute Gasteiger partial charge is 0.459 e. The van der Waals surface area contributed by atoms with Gasteiger partial charge in [-0.2, -0.15) is 0 Å². The number of nitrogens with zero attached hydrogens (tertiary/aromatic N) is 1. The molecule has 0 radical (unpaired) electrons. The lowest BCUT2D eigenvalue weighted by Gasteiger charge is -2.09. The van der Waals surface area contributed by atoms with Gasteiger partial charge in [0.2, 0.25) is 0 Å². The first kappa shape index (κ1) is 13.9. The Bertz CT molecular complexity index is 818. The van der Waals surface area contributed by atoms with Crippen molar-refractivity contribution in [2.75, 3.05) is 0 Å². The fraction of sp³-hybridized carbons (Fsp3) is 0.125. The van der Waals surface area contributed by atoms with Crippen LogP contribution in [-0.2, 0) is 11.3 Å². The number of amides is 2. The van der Waals surface area contributed by atoms with Crippen molar-refractivity contribution in [3.8, 4) is 0 Å². The minimum Gasteiger partial charge on any atom is -0.459 e. The van der Waals surface area contributed by atoms with E-state index >= 15 is 0 Å². The minimum atomic E-state index is -0.493. The number of hydrogen-bond acceptors (Lipinski definition) is 3. The van der Waals surface area contributed by atoms with Crippen molar-refractivity contribution in [1.82, 2.24) is 15.4 Å². The molecule has 0 spiro atoms. The summed E-state index contributed by atoms with van der Waals surface area (Å²) in [5.74, 6) is -0.667. The number of rotatable bonds is 3. The third-order valence-electron chi connectivity index (χ3n) is 3.38. The zero-order valence-corrected chi connectivity index (χ0v) is 12.0. The van der Waals surface area contributed by atoms with E-state index in [1.165, 1.54) is 12.3 Å². The van der Waals surface area contributed by atoms with Gasteiger partial charge in [-0.3, -0.25) is 20.4 Å². The minimum absolute atomic E-state index is 0.123. The van der Waals surface area contributed by atoms with Crippen molar-refractivity contribution in [2.24, 2.45) is 0 Å². The number of nitrogens with one attached hydrogen (secondary N) is 2. The molecular formula is C16H15N3O3. The molecule has 2 aromatic heterocycles. The summed E-state index contributed by atoms with van der Waals surface area (Å²) in [5, 5.41) is 1.08. The maximum absolute atomic E-state index is 12.0. The highest BCUT2D eigenvalue weighted by molar-refractivity contribution is 5.93. The van der Waals surface area contributed by atoms with E-state index in [2.05, 4.69) is 10.9 Å². The van der Waals surface area contributed by atoms with Crippen LogP contribution in [0.3, 0.4) is 0 Å². The lowest BCUT2D eigenvalue weighted by Crippen LogP contribution is -2.43. The maximum Gasteiger partial charge on any atom is 0.305 e. The van der Waals surface area contributed by atoms with Crippen molar-refractivity contribution in [1.29, 1.82) is 0 Å². The summed E-state index contributed by atoms with van der Waals surface area (Å²) in [4.78, 5) is 23.7. The fourth-order valence-electron chi connectivity index (χ4n) is 2.34. The van der Waals surface area contributed by atoms with Gasteiger partial charge in [0.1, 0.15) is 6.54 Å². The highest BCUT2D eigenvalue weighted by Gasteiger charge is 2.12. The molecule has 0 aliphatic carbocycles. The molecule has 0 unspecified atom stereocenters. The lowest BCUT2D eigenvalue weighted by molar-refractivity contribution is -0.122. The Hall–Kier alpha value is -3.02. The molecule has 6 nitrogen and oxygen atoms in total. The van der Waals surface area contributed by atoms with Crippen molar-refractivity contribution < 1.29 is 14.0 Å². The van der Waals surface area contributed by atoms with E-state index < -0.39 is 5.91 Å². The molecule has 0 saturated heterocycles. The second-order valence-corrected chi connectivity index (χ2v) is 4.91. The molecule has 0 bridgehead atoms. The summed E-state index contributed by atoms with van der Waals surface area (Å²) < 4.78 is 6.83. The summed E-state index contributed by atoms with van der Waals surface area (Å²) in [6.45, 7) is 2.06. The van der Waals surface area contributed by atoms with Crippen molar-refractivity contribution in [3.63, 3.8) is 0 Å². The van der Waals surface area contributed by atoms with Gasteiger partial charge in [-0.05, 0) is 36.6 Å². The maximum atomic E-state index is 12.0. The number of furan rings is 1. The number of para-hydroxylation sites is 1. The number of fused-ring (bicyclic) bond motifs is 1. The average Bonchev–Trinajstić information content (AvgIpc) is 3.14. The topological polar surface area (TPSA) is 76.3 Å². The Labute approximate surface area is 126 Å². The Morgan fingerprint density at radius 2 is 1.95 bits per heavy atom.